The lowest BCUT2D eigenvalue weighted by Crippen LogP contribution is -2.71. The summed E-state index contributed by atoms with van der Waals surface area (Å²) in [5.41, 5.74) is 1.73. The van der Waals surface area contributed by atoms with E-state index in [2.05, 4.69) is 25.8 Å². The van der Waals surface area contributed by atoms with E-state index in [0.29, 0.717) is 41.0 Å². The number of nitrogens with one attached hydrogen (secondary N) is 3. The number of hydrogen-bond acceptors (Lipinski definition) is 7. The number of thioether (sulfide) groups is 2. The zero-order valence-electron chi connectivity index (χ0n) is 17.2. The number of H-pyrrole nitrogens is 1. The molecule has 1 unspecified atom stereocenters. The first-order chi connectivity index (χ1) is 15.4. The summed E-state index contributed by atoms with van der Waals surface area (Å²) < 4.78 is 0. The van der Waals surface area contributed by atoms with E-state index in [1.165, 1.54) is 28.4 Å². The molecule has 2 aliphatic rings. The quantitative estimate of drug-likeness (QED) is 0.332. The van der Waals surface area contributed by atoms with Gasteiger partial charge in [-0.25, -0.2) is 9.59 Å². The van der Waals surface area contributed by atoms with Gasteiger partial charge in [0.2, 0.25) is 0 Å². The van der Waals surface area contributed by atoms with Crippen LogP contribution in [0, 0.1) is 6.92 Å². The number of carbonyl (C=O) groups is 3. The number of aromatic amines is 1. The van der Waals surface area contributed by atoms with Gasteiger partial charge in [0.25, 0.3) is 5.91 Å². The van der Waals surface area contributed by atoms with Crippen LogP contribution in [-0.2, 0) is 16.0 Å². The molecule has 2 aliphatic heterocycles. The van der Waals surface area contributed by atoms with Crippen LogP contribution >= 0.6 is 23.5 Å². The Morgan fingerprint density at radius 2 is 2.09 bits per heavy atom. The summed E-state index contributed by atoms with van der Waals surface area (Å²) >= 11 is 2.77. The number of amides is 3. The van der Waals surface area contributed by atoms with Crippen molar-refractivity contribution in [3.63, 3.8) is 0 Å². The topological polar surface area (TPSA) is 140 Å². The second kappa shape index (κ2) is 9.65. The average molecular weight is 475 g/mol. The number of aryl methyl sites for hydroxylation is 1. The first kappa shape index (κ1) is 22.2. The van der Waals surface area contributed by atoms with Crippen LogP contribution in [0.4, 0.5) is 4.79 Å². The van der Waals surface area contributed by atoms with Crippen LogP contribution in [-0.4, -0.2) is 72.6 Å². The molecule has 1 aromatic heterocycles. The normalized spacial score (nSPS) is 19.9. The lowest BCUT2D eigenvalue weighted by molar-refractivity contribution is -0.148. The van der Waals surface area contributed by atoms with Crippen LogP contribution < -0.4 is 10.6 Å². The maximum Gasteiger partial charge on any atom is 0.352 e. The van der Waals surface area contributed by atoms with Crippen molar-refractivity contribution in [1.82, 2.24) is 30.7 Å². The predicted molar refractivity (Wildman–Crippen MR) is 120 cm³/mol. The van der Waals surface area contributed by atoms with Crippen LogP contribution in [0.1, 0.15) is 11.4 Å². The monoisotopic (exact) mass is 474 g/mol. The number of carbonyl (C=O) groups excluding carboxylic acids is 2. The Hall–Kier alpha value is -2.99. The summed E-state index contributed by atoms with van der Waals surface area (Å²) in [6.45, 7) is 2.21. The minimum absolute atomic E-state index is 0.00924. The second-order valence-electron chi connectivity index (χ2n) is 7.28. The fourth-order valence-electron chi connectivity index (χ4n) is 3.50. The maximum atomic E-state index is 12.7. The summed E-state index contributed by atoms with van der Waals surface area (Å²) in [6, 6.07) is 8.56. The maximum absolute atomic E-state index is 12.7. The van der Waals surface area contributed by atoms with Gasteiger partial charge in [0.1, 0.15) is 22.9 Å². The first-order valence-corrected chi connectivity index (χ1v) is 12.0. The fourth-order valence-corrected chi connectivity index (χ4v) is 5.84. The highest BCUT2D eigenvalue weighted by atomic mass is 32.2. The van der Waals surface area contributed by atoms with Crippen molar-refractivity contribution in [1.29, 1.82) is 0 Å². The molecule has 10 nitrogen and oxygen atoms in total. The lowest BCUT2D eigenvalue weighted by Gasteiger charge is -2.49. The Kier molecular flexibility index (Phi) is 6.70. The van der Waals surface area contributed by atoms with Crippen molar-refractivity contribution in [3.05, 3.63) is 53.0 Å². The minimum atomic E-state index is -1.15. The van der Waals surface area contributed by atoms with Crippen LogP contribution in [0.3, 0.4) is 0 Å². The van der Waals surface area contributed by atoms with Gasteiger partial charge in [0.05, 0.1) is 0 Å². The molecule has 1 aromatic carbocycles. The van der Waals surface area contributed by atoms with Gasteiger partial charge in [-0.15, -0.1) is 22.0 Å². The van der Waals surface area contributed by atoms with E-state index in [0.717, 1.165) is 5.56 Å². The fraction of sp³-hybridized carbons (Fsp3) is 0.350. The molecule has 0 aliphatic carbocycles. The Balaban J connectivity index is 1.34. The van der Waals surface area contributed by atoms with Crippen molar-refractivity contribution in [2.75, 3.05) is 18.1 Å². The molecule has 0 radical (unpaired) electrons. The minimum Gasteiger partial charge on any atom is -0.477 e. The summed E-state index contributed by atoms with van der Waals surface area (Å²) in [4.78, 5) is 41.1. The molecule has 2 aromatic rings. The molecular formula is C20H22N6O4S2. The van der Waals surface area contributed by atoms with E-state index in [-0.39, 0.29) is 5.70 Å². The Morgan fingerprint density at radius 1 is 1.31 bits per heavy atom. The number of carboxylic acid groups (broad SMARTS) is 1. The van der Waals surface area contributed by atoms with E-state index < -0.39 is 29.3 Å². The SMILES string of the molecule is Cc1nnc(SCC2=C(C(=O)O)N3C(=O)C(NC(=O)NCCc4ccccc4)[C@@H]3SC2)[nH]1. The summed E-state index contributed by atoms with van der Waals surface area (Å²) in [7, 11) is 0. The molecule has 2 atom stereocenters. The van der Waals surface area contributed by atoms with Crippen LogP contribution in [0.15, 0.2) is 46.8 Å². The number of urea groups is 1. The molecule has 1 fully saturated rings. The third-order valence-corrected chi connectivity index (χ3v) is 7.33. The molecule has 0 spiro atoms. The highest BCUT2D eigenvalue weighted by Crippen LogP contribution is 2.41. The number of aromatic nitrogens is 3. The summed E-state index contributed by atoms with van der Waals surface area (Å²) in [5.74, 6) is -0.0801. The molecule has 4 N–H and O–H groups in total. The molecule has 1 saturated heterocycles. The van der Waals surface area contributed by atoms with Crippen molar-refractivity contribution in [2.45, 2.75) is 29.9 Å². The molecule has 4 rings (SSSR count). The van der Waals surface area contributed by atoms with E-state index in [4.69, 9.17) is 0 Å². The van der Waals surface area contributed by atoms with Gasteiger partial charge >= 0.3 is 12.0 Å². The van der Waals surface area contributed by atoms with Crippen LogP contribution in [0.5, 0.6) is 0 Å². The number of carboxylic acids is 1. The molecule has 3 heterocycles. The van der Waals surface area contributed by atoms with E-state index in [1.807, 2.05) is 30.3 Å². The summed E-state index contributed by atoms with van der Waals surface area (Å²) in [5, 5.41) is 23.2. The predicted octanol–water partition coefficient (Wildman–Crippen LogP) is 1.37. The van der Waals surface area contributed by atoms with E-state index >= 15 is 0 Å². The van der Waals surface area contributed by atoms with Gasteiger partial charge in [0, 0.05) is 18.1 Å². The number of aliphatic carboxylic acids is 1. The third-order valence-electron chi connectivity index (χ3n) is 5.04. The van der Waals surface area contributed by atoms with Crippen molar-refractivity contribution in [3.8, 4) is 0 Å². The van der Waals surface area contributed by atoms with Gasteiger partial charge < -0.3 is 20.7 Å². The Labute approximate surface area is 192 Å². The largest absolute Gasteiger partial charge is 0.477 e. The standard InChI is InChI=1S/C20H22N6O4S2/c1-11-22-20(25-24-11)32-10-13-9-31-17-14(16(27)26(17)15(13)18(28)29)23-19(30)21-8-7-12-5-3-2-4-6-12/h2-6,14,17H,7-10H2,1H3,(H,28,29)(H2,21,23,30)(H,22,24,25)/t14?,17-/m0/s1. The van der Waals surface area contributed by atoms with Gasteiger partial charge in [-0.05, 0) is 24.5 Å². The van der Waals surface area contributed by atoms with E-state index in [9.17, 15) is 19.5 Å². The molecule has 12 heteroatoms. The van der Waals surface area contributed by atoms with Gasteiger partial charge in [-0.2, -0.15) is 0 Å². The highest BCUT2D eigenvalue weighted by Gasteiger charge is 2.54. The molecule has 0 bridgehead atoms. The van der Waals surface area contributed by atoms with Crippen molar-refractivity contribution in [2.24, 2.45) is 0 Å². The van der Waals surface area contributed by atoms with E-state index in [1.54, 1.807) is 6.92 Å². The number of rotatable bonds is 8. The molecule has 32 heavy (non-hydrogen) atoms. The molecule has 3 amide bonds. The highest BCUT2D eigenvalue weighted by molar-refractivity contribution is 8.01. The first-order valence-electron chi connectivity index (χ1n) is 9.94. The number of hydrogen-bond donors (Lipinski definition) is 4. The lowest BCUT2D eigenvalue weighted by atomic mass is 10.0. The van der Waals surface area contributed by atoms with Crippen molar-refractivity contribution >= 4 is 41.4 Å². The number of β-lactam (4-membered cyclic amide) rings is 1. The number of fused-ring (bicyclic) bond motifs is 1. The molecule has 168 valence electrons. The Morgan fingerprint density at radius 3 is 2.78 bits per heavy atom. The van der Waals surface area contributed by atoms with Crippen LogP contribution in [0.2, 0.25) is 0 Å². The smallest absolute Gasteiger partial charge is 0.352 e. The van der Waals surface area contributed by atoms with Gasteiger partial charge in [0.15, 0.2) is 5.16 Å². The van der Waals surface area contributed by atoms with Crippen molar-refractivity contribution < 1.29 is 19.5 Å². The zero-order chi connectivity index (χ0) is 22.7. The average Bonchev–Trinajstić information content (AvgIpc) is 3.21. The third kappa shape index (κ3) is 4.75. The number of nitrogens with zero attached hydrogens (tertiary/aromatic N) is 3. The molecular weight excluding hydrogens is 452 g/mol. The molecule has 0 saturated carbocycles. The van der Waals surface area contributed by atoms with Gasteiger partial charge in [-0.1, -0.05) is 42.1 Å². The summed E-state index contributed by atoms with van der Waals surface area (Å²) in [6.07, 6.45) is 0.675. The second-order valence-corrected chi connectivity index (χ2v) is 9.35. The van der Waals surface area contributed by atoms with Crippen LogP contribution in [0.25, 0.3) is 0 Å². The Bertz CT molecular complexity index is 1060. The van der Waals surface area contributed by atoms with Gasteiger partial charge in [-0.3, -0.25) is 9.69 Å². The number of benzene rings is 1. The zero-order valence-corrected chi connectivity index (χ0v) is 18.8.